The van der Waals surface area contributed by atoms with Crippen molar-refractivity contribution in [2.45, 2.75) is 45.3 Å². The van der Waals surface area contributed by atoms with Gasteiger partial charge in [0.25, 0.3) is 0 Å². The summed E-state index contributed by atoms with van der Waals surface area (Å²) in [6.45, 7) is 5.08. The predicted molar refractivity (Wildman–Crippen MR) is 73.9 cm³/mol. The fraction of sp³-hybridized carbons (Fsp3) is 0.600. The molecule has 114 valence electrons. The summed E-state index contributed by atoms with van der Waals surface area (Å²) in [5, 5.41) is 3.36. The Morgan fingerprint density at radius 3 is 2.60 bits per heavy atom. The maximum absolute atomic E-state index is 12.0. The van der Waals surface area contributed by atoms with E-state index in [1.807, 2.05) is 25.1 Å². The molecule has 0 amide bonds. The van der Waals surface area contributed by atoms with Crippen LogP contribution in [0.2, 0.25) is 0 Å². The van der Waals surface area contributed by atoms with Crippen LogP contribution in [-0.2, 0) is 0 Å². The Bertz CT molecular complexity index is 393. The first-order chi connectivity index (χ1) is 9.46. The first kappa shape index (κ1) is 16.8. The monoisotopic (exact) mass is 289 g/mol. The van der Waals surface area contributed by atoms with Gasteiger partial charge < -0.3 is 10.1 Å². The van der Waals surface area contributed by atoms with E-state index >= 15 is 0 Å². The van der Waals surface area contributed by atoms with Crippen molar-refractivity contribution >= 4 is 0 Å². The van der Waals surface area contributed by atoms with Gasteiger partial charge in [0.05, 0.1) is 6.61 Å². The Morgan fingerprint density at radius 2 is 2.00 bits per heavy atom. The van der Waals surface area contributed by atoms with Crippen LogP contribution < -0.4 is 10.1 Å². The highest BCUT2D eigenvalue weighted by Gasteiger charge is 2.26. The first-order valence-corrected chi connectivity index (χ1v) is 6.99. The smallest absolute Gasteiger partial charge is 0.389 e. The average Bonchev–Trinajstić information content (AvgIpc) is 2.40. The fourth-order valence-electron chi connectivity index (χ4n) is 2.03. The van der Waals surface area contributed by atoms with Gasteiger partial charge >= 0.3 is 6.18 Å². The molecular weight excluding hydrogens is 267 g/mol. The Hall–Kier alpha value is -1.23. The minimum atomic E-state index is -4.11. The maximum atomic E-state index is 12.0. The molecule has 0 aliphatic heterocycles. The van der Waals surface area contributed by atoms with Crippen molar-refractivity contribution in [2.75, 3.05) is 13.2 Å². The molecule has 1 unspecified atom stereocenters. The van der Waals surface area contributed by atoms with Gasteiger partial charge in [-0.25, -0.2) is 0 Å². The molecule has 1 atom stereocenters. The molecule has 0 aliphatic rings. The Morgan fingerprint density at radius 1 is 1.25 bits per heavy atom. The van der Waals surface area contributed by atoms with Crippen molar-refractivity contribution in [3.05, 3.63) is 29.8 Å². The van der Waals surface area contributed by atoms with Gasteiger partial charge in [0.1, 0.15) is 5.75 Å². The molecule has 0 saturated carbocycles. The van der Waals surface area contributed by atoms with Crippen LogP contribution in [-0.4, -0.2) is 19.3 Å². The molecule has 1 rings (SSSR count). The topological polar surface area (TPSA) is 21.3 Å². The van der Waals surface area contributed by atoms with E-state index < -0.39 is 12.6 Å². The third kappa shape index (κ3) is 6.28. The lowest BCUT2D eigenvalue weighted by atomic mass is 10.0. The van der Waals surface area contributed by atoms with Gasteiger partial charge in [-0.15, -0.1) is 0 Å². The molecule has 1 aromatic rings. The molecule has 0 heterocycles. The fourth-order valence-corrected chi connectivity index (χ4v) is 2.03. The van der Waals surface area contributed by atoms with Crippen LogP contribution in [0.1, 0.15) is 44.7 Å². The number of hydrogen-bond acceptors (Lipinski definition) is 2. The minimum Gasteiger partial charge on any atom is -0.494 e. The molecule has 2 nitrogen and oxygen atoms in total. The zero-order valence-corrected chi connectivity index (χ0v) is 12.0. The van der Waals surface area contributed by atoms with Gasteiger partial charge in [0, 0.05) is 12.5 Å². The number of ether oxygens (including phenoxy) is 1. The summed E-state index contributed by atoms with van der Waals surface area (Å²) in [5.74, 6) is 0.626. The Balaban J connectivity index is 2.51. The van der Waals surface area contributed by atoms with E-state index in [0.717, 1.165) is 18.5 Å². The summed E-state index contributed by atoms with van der Waals surface area (Å²) in [4.78, 5) is 0. The van der Waals surface area contributed by atoms with Gasteiger partial charge in [0.2, 0.25) is 0 Å². The molecular formula is C15H22F3NO. The Kier molecular flexibility index (Phi) is 6.85. The molecule has 0 fully saturated rings. The highest BCUT2D eigenvalue weighted by Crippen LogP contribution is 2.23. The SMILES string of the molecule is CCNC(CC)c1cccc(OCCCC(F)(F)F)c1. The summed E-state index contributed by atoms with van der Waals surface area (Å²) in [7, 11) is 0. The van der Waals surface area contributed by atoms with Crippen LogP contribution in [0.15, 0.2) is 24.3 Å². The third-order valence-electron chi connectivity index (χ3n) is 2.99. The summed E-state index contributed by atoms with van der Waals surface area (Å²) in [5.41, 5.74) is 1.10. The van der Waals surface area contributed by atoms with Crippen molar-refractivity contribution in [3.63, 3.8) is 0 Å². The number of rotatable bonds is 8. The van der Waals surface area contributed by atoms with Crippen molar-refractivity contribution in [3.8, 4) is 5.75 Å². The Labute approximate surface area is 118 Å². The zero-order valence-electron chi connectivity index (χ0n) is 12.0. The molecule has 0 bridgehead atoms. The van der Waals surface area contributed by atoms with Gasteiger partial charge in [0.15, 0.2) is 0 Å². The van der Waals surface area contributed by atoms with Gasteiger partial charge in [-0.2, -0.15) is 13.2 Å². The van der Waals surface area contributed by atoms with Crippen molar-refractivity contribution < 1.29 is 17.9 Å². The minimum absolute atomic E-state index is 0.0157. The lowest BCUT2D eigenvalue weighted by molar-refractivity contribution is -0.136. The van der Waals surface area contributed by atoms with E-state index in [1.165, 1.54) is 0 Å². The molecule has 0 aliphatic carbocycles. The third-order valence-corrected chi connectivity index (χ3v) is 2.99. The second kappa shape index (κ2) is 8.15. The summed E-state index contributed by atoms with van der Waals surface area (Å²) >= 11 is 0. The van der Waals surface area contributed by atoms with Crippen LogP contribution in [0.4, 0.5) is 13.2 Å². The highest BCUT2D eigenvalue weighted by atomic mass is 19.4. The number of halogens is 3. The van der Waals surface area contributed by atoms with E-state index in [4.69, 9.17) is 4.74 Å². The normalized spacial score (nSPS) is 13.2. The molecule has 20 heavy (non-hydrogen) atoms. The van der Waals surface area contributed by atoms with Gasteiger partial charge in [-0.05, 0) is 37.1 Å². The number of alkyl halides is 3. The van der Waals surface area contributed by atoms with Gasteiger partial charge in [-0.3, -0.25) is 0 Å². The number of hydrogen-bond donors (Lipinski definition) is 1. The molecule has 1 aromatic carbocycles. The van der Waals surface area contributed by atoms with Crippen molar-refractivity contribution in [2.24, 2.45) is 0 Å². The van der Waals surface area contributed by atoms with Crippen LogP contribution in [0.5, 0.6) is 5.75 Å². The van der Waals surface area contributed by atoms with Crippen LogP contribution in [0, 0.1) is 0 Å². The molecule has 0 aromatic heterocycles. The number of nitrogens with one attached hydrogen (secondary N) is 1. The summed E-state index contributed by atoms with van der Waals surface area (Å²) in [6, 6.07) is 7.78. The van der Waals surface area contributed by atoms with Crippen molar-refractivity contribution in [1.29, 1.82) is 0 Å². The number of benzene rings is 1. The molecule has 1 N–H and O–H groups in total. The maximum Gasteiger partial charge on any atom is 0.389 e. The predicted octanol–water partition coefficient (Wildman–Crippen LogP) is 4.47. The lowest BCUT2D eigenvalue weighted by Crippen LogP contribution is -2.20. The highest BCUT2D eigenvalue weighted by molar-refractivity contribution is 5.30. The molecule has 5 heteroatoms. The molecule has 0 saturated heterocycles. The molecule has 0 radical (unpaired) electrons. The summed E-state index contributed by atoms with van der Waals surface area (Å²) in [6.07, 6.45) is -3.98. The summed E-state index contributed by atoms with van der Waals surface area (Å²) < 4.78 is 41.4. The van der Waals surface area contributed by atoms with E-state index in [2.05, 4.69) is 12.2 Å². The van der Waals surface area contributed by atoms with E-state index in [-0.39, 0.29) is 19.1 Å². The lowest BCUT2D eigenvalue weighted by Gasteiger charge is -2.17. The average molecular weight is 289 g/mol. The van der Waals surface area contributed by atoms with Gasteiger partial charge in [-0.1, -0.05) is 26.0 Å². The first-order valence-electron chi connectivity index (χ1n) is 6.99. The quantitative estimate of drug-likeness (QED) is 0.713. The van der Waals surface area contributed by atoms with E-state index in [0.29, 0.717) is 5.75 Å². The second-order valence-electron chi connectivity index (χ2n) is 4.66. The van der Waals surface area contributed by atoms with Crippen LogP contribution in [0.25, 0.3) is 0 Å². The van der Waals surface area contributed by atoms with Crippen LogP contribution >= 0.6 is 0 Å². The standard InChI is InChI=1S/C15H22F3NO/c1-3-14(19-4-2)12-7-5-8-13(11-12)20-10-6-9-15(16,17)18/h5,7-8,11,14,19H,3-4,6,9-10H2,1-2H3. The van der Waals surface area contributed by atoms with E-state index in [9.17, 15) is 13.2 Å². The zero-order chi connectivity index (χ0) is 15.0. The van der Waals surface area contributed by atoms with Crippen LogP contribution in [0.3, 0.4) is 0 Å². The van der Waals surface area contributed by atoms with E-state index in [1.54, 1.807) is 6.07 Å². The molecule has 0 spiro atoms. The van der Waals surface area contributed by atoms with Crippen molar-refractivity contribution in [1.82, 2.24) is 5.32 Å². The largest absolute Gasteiger partial charge is 0.494 e. The second-order valence-corrected chi connectivity index (χ2v) is 4.66.